The molecule has 1 aliphatic carbocycles. The van der Waals surface area contributed by atoms with E-state index in [2.05, 4.69) is 22.2 Å². The van der Waals surface area contributed by atoms with Gasteiger partial charge in [-0.1, -0.05) is 18.9 Å². The molecule has 1 aromatic heterocycles. The zero-order chi connectivity index (χ0) is 17.0. The number of amides is 1. The summed E-state index contributed by atoms with van der Waals surface area (Å²) in [6, 6.07) is 4.30. The molecule has 1 amide bonds. The second kappa shape index (κ2) is 7.51. The number of pyridine rings is 1. The number of hydrogen-bond acceptors (Lipinski definition) is 4. The third-order valence-corrected chi connectivity index (χ3v) is 5.50. The molecule has 1 aliphatic heterocycles. The van der Waals surface area contributed by atoms with Crippen molar-refractivity contribution >= 4 is 5.91 Å². The number of carbonyl (C=O) groups excluding carboxylic acids is 1. The Morgan fingerprint density at radius 1 is 1.42 bits per heavy atom. The molecule has 0 bridgehead atoms. The van der Waals surface area contributed by atoms with E-state index in [4.69, 9.17) is 4.74 Å². The van der Waals surface area contributed by atoms with Crippen LogP contribution in [0, 0.1) is 6.92 Å². The standard InChI is InChI=1S/C19H29N3O2/c1-15-7-5-11-20-18(15)24-14-19(9-3-4-10-19)21-17(23)13-16-8-6-12-22(16)2/h5,7,11,16H,3-4,6,8-10,12-14H2,1-2H3,(H,21,23)/t16-/m0/s1. The van der Waals surface area contributed by atoms with E-state index in [0.717, 1.165) is 44.2 Å². The van der Waals surface area contributed by atoms with Gasteiger partial charge in [0.05, 0.1) is 5.54 Å². The zero-order valence-corrected chi connectivity index (χ0v) is 14.9. The topological polar surface area (TPSA) is 54.5 Å². The number of aryl methyl sites for hydroxylation is 1. The second-order valence-corrected chi connectivity index (χ2v) is 7.43. The predicted octanol–water partition coefficient (Wildman–Crippen LogP) is 2.68. The van der Waals surface area contributed by atoms with Crippen LogP contribution < -0.4 is 10.1 Å². The van der Waals surface area contributed by atoms with Gasteiger partial charge in [0.1, 0.15) is 6.61 Å². The third-order valence-electron chi connectivity index (χ3n) is 5.50. The summed E-state index contributed by atoms with van der Waals surface area (Å²) in [6.45, 7) is 3.61. The number of ether oxygens (including phenoxy) is 1. The monoisotopic (exact) mass is 331 g/mol. The van der Waals surface area contributed by atoms with Gasteiger partial charge in [-0.05, 0) is 52.3 Å². The van der Waals surface area contributed by atoms with Crippen LogP contribution in [0.4, 0.5) is 0 Å². The highest BCUT2D eigenvalue weighted by atomic mass is 16.5. The SMILES string of the molecule is Cc1cccnc1OCC1(NC(=O)C[C@@H]2CCCN2C)CCCC1. The minimum absolute atomic E-state index is 0.164. The van der Waals surface area contributed by atoms with Crippen molar-refractivity contribution in [3.63, 3.8) is 0 Å². The maximum absolute atomic E-state index is 12.6. The number of nitrogens with zero attached hydrogens (tertiary/aromatic N) is 2. The van der Waals surface area contributed by atoms with Crippen LogP contribution in [-0.2, 0) is 4.79 Å². The molecule has 132 valence electrons. The highest BCUT2D eigenvalue weighted by Gasteiger charge is 2.37. The molecular formula is C19H29N3O2. The fraction of sp³-hybridized carbons (Fsp3) is 0.684. The number of hydrogen-bond donors (Lipinski definition) is 1. The van der Waals surface area contributed by atoms with Gasteiger partial charge in [0.2, 0.25) is 11.8 Å². The first kappa shape index (κ1) is 17.2. The molecule has 5 heteroatoms. The van der Waals surface area contributed by atoms with Crippen molar-refractivity contribution < 1.29 is 9.53 Å². The summed E-state index contributed by atoms with van der Waals surface area (Å²) in [4.78, 5) is 19.2. The van der Waals surface area contributed by atoms with Crippen molar-refractivity contribution in [2.24, 2.45) is 0 Å². The average molecular weight is 331 g/mol. The van der Waals surface area contributed by atoms with Crippen molar-refractivity contribution in [1.29, 1.82) is 0 Å². The van der Waals surface area contributed by atoms with E-state index in [0.29, 0.717) is 24.9 Å². The molecule has 2 aliphatic rings. The summed E-state index contributed by atoms with van der Waals surface area (Å²) in [5, 5.41) is 3.31. The number of aromatic nitrogens is 1. The van der Waals surface area contributed by atoms with Crippen molar-refractivity contribution in [3.8, 4) is 5.88 Å². The van der Waals surface area contributed by atoms with Crippen LogP contribution in [0.5, 0.6) is 5.88 Å². The molecule has 0 unspecified atom stereocenters. The molecule has 1 atom stereocenters. The Kier molecular flexibility index (Phi) is 5.39. The Morgan fingerprint density at radius 3 is 2.88 bits per heavy atom. The summed E-state index contributed by atoms with van der Waals surface area (Å²) in [5.41, 5.74) is 0.808. The predicted molar refractivity (Wildman–Crippen MR) is 94.1 cm³/mol. The molecule has 3 rings (SSSR count). The molecule has 1 saturated heterocycles. The molecule has 24 heavy (non-hydrogen) atoms. The van der Waals surface area contributed by atoms with Gasteiger partial charge in [-0.25, -0.2) is 4.98 Å². The minimum atomic E-state index is -0.224. The number of nitrogens with one attached hydrogen (secondary N) is 1. The Balaban J connectivity index is 1.59. The quantitative estimate of drug-likeness (QED) is 0.871. The van der Waals surface area contributed by atoms with E-state index in [-0.39, 0.29) is 11.4 Å². The van der Waals surface area contributed by atoms with Crippen LogP contribution >= 0.6 is 0 Å². The van der Waals surface area contributed by atoms with Gasteiger partial charge >= 0.3 is 0 Å². The summed E-state index contributed by atoms with van der Waals surface area (Å²) in [5.74, 6) is 0.838. The van der Waals surface area contributed by atoms with Crippen molar-refractivity contribution in [3.05, 3.63) is 23.9 Å². The molecular weight excluding hydrogens is 302 g/mol. The van der Waals surface area contributed by atoms with Crippen LogP contribution in [-0.4, -0.2) is 47.6 Å². The first-order valence-electron chi connectivity index (χ1n) is 9.14. The average Bonchev–Trinajstić information content (AvgIpc) is 3.17. The van der Waals surface area contributed by atoms with E-state index >= 15 is 0 Å². The molecule has 1 N–H and O–H groups in total. The van der Waals surface area contributed by atoms with Crippen LogP contribution in [0.25, 0.3) is 0 Å². The molecule has 5 nitrogen and oxygen atoms in total. The Labute approximate surface area is 144 Å². The van der Waals surface area contributed by atoms with Gasteiger partial charge in [0, 0.05) is 24.2 Å². The summed E-state index contributed by atoms with van der Waals surface area (Å²) in [7, 11) is 2.11. The fourth-order valence-corrected chi connectivity index (χ4v) is 3.98. The summed E-state index contributed by atoms with van der Waals surface area (Å²) < 4.78 is 5.98. The smallest absolute Gasteiger partial charge is 0.222 e. The lowest BCUT2D eigenvalue weighted by Gasteiger charge is -2.31. The Morgan fingerprint density at radius 2 is 2.21 bits per heavy atom. The molecule has 1 aromatic rings. The van der Waals surface area contributed by atoms with Crippen molar-refractivity contribution in [1.82, 2.24) is 15.2 Å². The fourth-order valence-electron chi connectivity index (χ4n) is 3.98. The molecule has 0 radical (unpaired) electrons. The largest absolute Gasteiger partial charge is 0.475 e. The summed E-state index contributed by atoms with van der Waals surface area (Å²) in [6.07, 6.45) is 8.94. The normalized spacial score (nSPS) is 23.3. The highest BCUT2D eigenvalue weighted by molar-refractivity contribution is 5.77. The lowest BCUT2D eigenvalue weighted by molar-refractivity contribution is -0.124. The van der Waals surface area contributed by atoms with Gasteiger partial charge in [0.15, 0.2) is 0 Å². The van der Waals surface area contributed by atoms with E-state index in [1.165, 1.54) is 6.42 Å². The molecule has 0 spiro atoms. The number of carbonyl (C=O) groups is 1. The van der Waals surface area contributed by atoms with Crippen LogP contribution in [0.15, 0.2) is 18.3 Å². The number of likely N-dealkylation sites (tertiary alicyclic amines) is 1. The second-order valence-electron chi connectivity index (χ2n) is 7.43. The van der Waals surface area contributed by atoms with E-state index in [9.17, 15) is 4.79 Å². The molecule has 0 aromatic carbocycles. The van der Waals surface area contributed by atoms with Crippen LogP contribution in [0.2, 0.25) is 0 Å². The van der Waals surface area contributed by atoms with Gasteiger partial charge in [0.25, 0.3) is 0 Å². The first-order valence-corrected chi connectivity index (χ1v) is 9.14. The van der Waals surface area contributed by atoms with Crippen LogP contribution in [0.3, 0.4) is 0 Å². The van der Waals surface area contributed by atoms with Gasteiger partial charge in [-0.3, -0.25) is 4.79 Å². The molecule has 2 fully saturated rings. The van der Waals surface area contributed by atoms with Gasteiger partial charge in [-0.15, -0.1) is 0 Å². The van der Waals surface area contributed by atoms with E-state index in [1.54, 1.807) is 6.20 Å². The van der Waals surface area contributed by atoms with Gasteiger partial charge < -0.3 is 15.0 Å². The highest BCUT2D eigenvalue weighted by Crippen LogP contribution is 2.31. The van der Waals surface area contributed by atoms with E-state index in [1.807, 2.05) is 19.1 Å². The lowest BCUT2D eigenvalue weighted by atomic mass is 9.98. The maximum atomic E-state index is 12.6. The maximum Gasteiger partial charge on any atom is 0.222 e. The summed E-state index contributed by atoms with van der Waals surface area (Å²) >= 11 is 0. The first-order chi connectivity index (χ1) is 11.6. The zero-order valence-electron chi connectivity index (χ0n) is 14.9. The van der Waals surface area contributed by atoms with E-state index < -0.39 is 0 Å². The van der Waals surface area contributed by atoms with Crippen LogP contribution in [0.1, 0.15) is 50.5 Å². The number of rotatable bonds is 6. The molecule has 2 heterocycles. The van der Waals surface area contributed by atoms with Crippen molar-refractivity contribution in [2.75, 3.05) is 20.2 Å². The Hall–Kier alpha value is -1.62. The van der Waals surface area contributed by atoms with Crippen molar-refractivity contribution in [2.45, 2.75) is 63.5 Å². The minimum Gasteiger partial charge on any atom is -0.475 e. The Bertz CT molecular complexity index is 569. The van der Waals surface area contributed by atoms with Gasteiger partial charge in [-0.2, -0.15) is 0 Å². The third kappa shape index (κ3) is 4.07. The lowest BCUT2D eigenvalue weighted by Crippen LogP contribution is -2.51. The molecule has 1 saturated carbocycles.